The molecule has 0 fully saturated rings. The van der Waals surface area contributed by atoms with Crippen LogP contribution in [0.5, 0.6) is 0 Å². The molecule has 2 nitrogen and oxygen atoms in total. The first-order valence-electron chi connectivity index (χ1n) is 10.2. The minimum Gasteiger partial charge on any atom is -0.455 e. The Morgan fingerprint density at radius 3 is 2.46 bits per heavy atom. The maximum atomic E-state index is 7.84. The molecule has 0 saturated heterocycles. The first-order chi connectivity index (χ1) is 13.9. The molecule has 0 atom stereocenters. The van der Waals surface area contributed by atoms with E-state index in [0.717, 1.165) is 49.5 Å². The van der Waals surface area contributed by atoms with Gasteiger partial charge >= 0.3 is 0 Å². The Morgan fingerprint density at radius 2 is 1.65 bits per heavy atom. The highest BCUT2D eigenvalue weighted by molar-refractivity contribution is 6.23. The standard InChI is InChI=1S/C24H20NO/c1-15-12-13-25(3)20(14-15)22-16(2)17-8-4-5-9-18(17)23-19-10-6-7-11-21(19)26-24(22)23/h4-14H,1-3H3/q+1/i1D3. The summed E-state index contributed by atoms with van der Waals surface area (Å²) in [6, 6.07) is 19.8. The molecular formula is C24H20NO+. The van der Waals surface area contributed by atoms with Crippen molar-refractivity contribution >= 4 is 32.7 Å². The second-order valence-corrected chi connectivity index (χ2v) is 6.76. The molecule has 0 saturated carbocycles. The van der Waals surface area contributed by atoms with E-state index in [1.165, 1.54) is 0 Å². The molecule has 0 amide bonds. The van der Waals surface area contributed by atoms with Crippen LogP contribution in [0.15, 0.2) is 71.3 Å². The fourth-order valence-electron chi connectivity index (χ4n) is 3.95. The molecule has 0 aliphatic carbocycles. The lowest BCUT2D eigenvalue weighted by molar-refractivity contribution is -0.660. The third kappa shape index (κ3) is 2.02. The molecule has 2 heterocycles. The van der Waals surface area contributed by atoms with Crippen LogP contribution in [0.2, 0.25) is 0 Å². The largest absolute Gasteiger partial charge is 0.455 e. The van der Waals surface area contributed by atoms with Crippen molar-refractivity contribution in [1.29, 1.82) is 0 Å². The summed E-state index contributed by atoms with van der Waals surface area (Å²) in [4.78, 5) is 0. The van der Waals surface area contributed by atoms with Gasteiger partial charge in [0.25, 0.3) is 0 Å². The third-order valence-electron chi connectivity index (χ3n) is 5.20. The summed E-state index contributed by atoms with van der Waals surface area (Å²) < 4.78 is 31.8. The first kappa shape index (κ1) is 12.3. The average Bonchev–Trinajstić information content (AvgIpc) is 3.08. The molecule has 2 heteroatoms. The van der Waals surface area contributed by atoms with E-state index in [-0.39, 0.29) is 0 Å². The Kier molecular flexibility index (Phi) is 2.56. The van der Waals surface area contributed by atoms with Crippen molar-refractivity contribution in [2.24, 2.45) is 7.05 Å². The van der Waals surface area contributed by atoms with Crippen molar-refractivity contribution < 1.29 is 13.1 Å². The molecule has 5 rings (SSSR count). The highest BCUT2D eigenvalue weighted by Crippen LogP contribution is 2.42. The number of benzene rings is 3. The van der Waals surface area contributed by atoms with Gasteiger partial charge in [0.1, 0.15) is 18.2 Å². The van der Waals surface area contributed by atoms with Gasteiger partial charge in [-0.1, -0.05) is 42.5 Å². The summed E-state index contributed by atoms with van der Waals surface area (Å²) in [5, 5.41) is 4.41. The van der Waals surface area contributed by atoms with E-state index in [9.17, 15) is 0 Å². The number of hydrogen-bond donors (Lipinski definition) is 0. The fraction of sp³-hybridized carbons (Fsp3) is 0.125. The van der Waals surface area contributed by atoms with Crippen LogP contribution < -0.4 is 4.57 Å². The number of pyridine rings is 1. The summed E-state index contributed by atoms with van der Waals surface area (Å²) in [7, 11) is 1.93. The van der Waals surface area contributed by atoms with E-state index in [4.69, 9.17) is 8.53 Å². The van der Waals surface area contributed by atoms with Crippen LogP contribution in [0.4, 0.5) is 0 Å². The number of para-hydroxylation sites is 1. The maximum Gasteiger partial charge on any atom is 0.216 e. The van der Waals surface area contributed by atoms with Crippen LogP contribution in [-0.2, 0) is 7.05 Å². The van der Waals surface area contributed by atoms with Crippen molar-refractivity contribution in [2.75, 3.05) is 0 Å². The zero-order valence-electron chi connectivity index (χ0n) is 17.7. The SMILES string of the molecule is [2H]C([2H])([2H])c1cc[n+](C)c(-c2c(C)c3ccccc3c3c2oc2ccccc23)c1. The molecule has 0 unspecified atom stereocenters. The van der Waals surface area contributed by atoms with Crippen LogP contribution in [0.1, 0.15) is 15.2 Å². The molecule has 2 aromatic heterocycles. The lowest BCUT2D eigenvalue weighted by atomic mass is 9.93. The zero-order valence-corrected chi connectivity index (χ0v) is 14.7. The van der Waals surface area contributed by atoms with E-state index >= 15 is 0 Å². The lowest BCUT2D eigenvalue weighted by Gasteiger charge is -2.10. The van der Waals surface area contributed by atoms with E-state index in [0.29, 0.717) is 5.56 Å². The molecule has 3 aromatic carbocycles. The summed E-state index contributed by atoms with van der Waals surface area (Å²) >= 11 is 0. The quantitative estimate of drug-likeness (QED) is 0.350. The monoisotopic (exact) mass is 341 g/mol. The molecule has 26 heavy (non-hydrogen) atoms. The average molecular weight is 341 g/mol. The number of aryl methyl sites for hydroxylation is 3. The van der Waals surface area contributed by atoms with Gasteiger partial charge in [-0.15, -0.1) is 0 Å². The number of furan rings is 1. The van der Waals surface area contributed by atoms with Crippen LogP contribution in [0.3, 0.4) is 0 Å². The zero-order chi connectivity index (χ0) is 20.3. The van der Waals surface area contributed by atoms with Gasteiger partial charge in [0, 0.05) is 27.0 Å². The highest BCUT2D eigenvalue weighted by atomic mass is 16.3. The first-order valence-corrected chi connectivity index (χ1v) is 8.69. The van der Waals surface area contributed by atoms with Crippen molar-refractivity contribution in [1.82, 2.24) is 0 Å². The summed E-state index contributed by atoms with van der Waals surface area (Å²) in [6.07, 6.45) is 1.81. The Balaban J connectivity index is 2.01. The lowest BCUT2D eigenvalue weighted by Crippen LogP contribution is -2.30. The normalized spacial score (nSPS) is 13.8. The van der Waals surface area contributed by atoms with Crippen LogP contribution in [-0.4, -0.2) is 0 Å². The van der Waals surface area contributed by atoms with Gasteiger partial charge in [0.2, 0.25) is 5.69 Å². The van der Waals surface area contributed by atoms with Gasteiger partial charge in [-0.2, -0.15) is 0 Å². The van der Waals surface area contributed by atoms with Crippen molar-refractivity contribution in [3.8, 4) is 11.3 Å². The number of hydrogen-bond acceptors (Lipinski definition) is 1. The Morgan fingerprint density at radius 1 is 0.923 bits per heavy atom. The van der Waals surface area contributed by atoms with E-state index in [1.54, 1.807) is 18.3 Å². The van der Waals surface area contributed by atoms with Gasteiger partial charge in [-0.25, -0.2) is 4.57 Å². The predicted octanol–water partition coefficient (Wildman–Crippen LogP) is 5.85. The van der Waals surface area contributed by atoms with Gasteiger partial charge < -0.3 is 4.42 Å². The smallest absolute Gasteiger partial charge is 0.216 e. The Labute approximate surface area is 156 Å². The van der Waals surface area contributed by atoms with Gasteiger partial charge in [0.05, 0.1) is 5.56 Å². The molecule has 5 aromatic rings. The van der Waals surface area contributed by atoms with Crippen molar-refractivity contribution in [3.63, 3.8) is 0 Å². The second kappa shape index (κ2) is 5.43. The predicted molar refractivity (Wildman–Crippen MR) is 107 cm³/mol. The number of fused-ring (bicyclic) bond motifs is 5. The topological polar surface area (TPSA) is 17.0 Å². The molecular weight excluding hydrogens is 318 g/mol. The van der Waals surface area contributed by atoms with Gasteiger partial charge in [0.15, 0.2) is 6.20 Å². The molecule has 0 bridgehead atoms. The van der Waals surface area contributed by atoms with Gasteiger partial charge in [-0.05, 0) is 41.7 Å². The number of nitrogens with zero attached hydrogens (tertiary/aromatic N) is 1. The minimum atomic E-state index is -2.17. The van der Waals surface area contributed by atoms with Crippen molar-refractivity contribution in [3.05, 3.63) is 78.0 Å². The summed E-state index contributed by atoms with van der Waals surface area (Å²) in [5.74, 6) is 0. The molecule has 0 aliphatic heterocycles. The van der Waals surface area contributed by atoms with E-state index < -0.39 is 6.85 Å². The molecule has 126 valence electrons. The third-order valence-corrected chi connectivity index (χ3v) is 5.20. The molecule has 0 radical (unpaired) electrons. The minimum absolute atomic E-state index is 0.322. The number of aromatic nitrogens is 1. The molecule has 0 spiro atoms. The summed E-state index contributed by atoms with van der Waals surface area (Å²) in [6.45, 7) is -0.0902. The van der Waals surface area contributed by atoms with Gasteiger partial charge in [-0.3, -0.25) is 0 Å². The van der Waals surface area contributed by atoms with E-state index in [2.05, 4.69) is 25.1 Å². The maximum absolute atomic E-state index is 7.84. The molecule has 0 aliphatic rings. The van der Waals surface area contributed by atoms with Crippen molar-refractivity contribution in [2.45, 2.75) is 13.8 Å². The highest BCUT2D eigenvalue weighted by Gasteiger charge is 2.23. The van der Waals surface area contributed by atoms with Crippen LogP contribution >= 0.6 is 0 Å². The fourth-order valence-corrected chi connectivity index (χ4v) is 3.95. The number of rotatable bonds is 1. The molecule has 0 N–H and O–H groups in total. The second-order valence-electron chi connectivity index (χ2n) is 6.76. The van der Waals surface area contributed by atoms with Crippen LogP contribution in [0.25, 0.3) is 44.0 Å². The van der Waals surface area contributed by atoms with E-state index in [1.807, 2.05) is 41.9 Å². The van der Waals surface area contributed by atoms with Crippen LogP contribution in [0, 0.1) is 13.8 Å². The summed E-state index contributed by atoms with van der Waals surface area (Å²) in [5.41, 5.74) is 4.78. The Hall–Kier alpha value is -3.13. The Bertz CT molecular complexity index is 1410.